The summed E-state index contributed by atoms with van der Waals surface area (Å²) in [6.07, 6.45) is 0.226. The number of hydrogen-bond donors (Lipinski definition) is 2. The number of carbonyl (C=O) groups excluding carboxylic acids is 1. The van der Waals surface area contributed by atoms with Crippen LogP contribution in [0.1, 0.15) is 23.9 Å². The maximum absolute atomic E-state index is 12.6. The maximum Gasteiger partial charge on any atom is 0.335 e. The van der Waals surface area contributed by atoms with Gasteiger partial charge in [-0.25, -0.2) is 36.3 Å². The highest BCUT2D eigenvalue weighted by Crippen LogP contribution is 2.35. The second-order valence-electron chi connectivity index (χ2n) is 6.34. The van der Waals surface area contributed by atoms with Crippen LogP contribution in [0.5, 0.6) is 0 Å². The van der Waals surface area contributed by atoms with Crippen molar-refractivity contribution >= 4 is 31.8 Å². The van der Waals surface area contributed by atoms with Gasteiger partial charge < -0.3 is 0 Å². The molecule has 0 spiro atoms. The Kier molecular flexibility index (Phi) is 4.68. The first-order valence-corrected chi connectivity index (χ1v) is 11.1. The van der Waals surface area contributed by atoms with Gasteiger partial charge in [-0.15, -0.1) is 0 Å². The van der Waals surface area contributed by atoms with E-state index in [1.165, 1.54) is 13.0 Å². The van der Waals surface area contributed by atoms with Crippen LogP contribution in [0.15, 0.2) is 34.1 Å². The third-order valence-corrected chi connectivity index (χ3v) is 7.89. The number of nitrogens with zero attached hydrogens (tertiary/aromatic N) is 2. The highest BCUT2D eigenvalue weighted by Gasteiger charge is 2.39. The Morgan fingerprint density at radius 3 is 2.44 bits per heavy atom. The van der Waals surface area contributed by atoms with Crippen molar-refractivity contribution in [3.05, 3.63) is 41.2 Å². The zero-order valence-electron chi connectivity index (χ0n) is 14.8. The Bertz CT molecular complexity index is 1120. The minimum Gasteiger partial charge on any atom is -0.275 e. The number of nitrogens with one attached hydrogen (secondary N) is 2. The Hall–Kier alpha value is -2.53. The Balaban J connectivity index is 1.91. The van der Waals surface area contributed by atoms with Gasteiger partial charge in [0.25, 0.3) is 10.0 Å². The summed E-state index contributed by atoms with van der Waals surface area (Å²) in [5.41, 5.74) is 1.62. The summed E-state index contributed by atoms with van der Waals surface area (Å²) < 4.78 is 52.1. The summed E-state index contributed by atoms with van der Waals surface area (Å²) in [7, 11) is -8.20. The minimum atomic E-state index is -4.42. The number of hydrogen-bond acceptors (Lipinski definition) is 7. The second-order valence-corrected chi connectivity index (χ2v) is 10.3. The number of rotatable bonds is 3. The summed E-state index contributed by atoms with van der Waals surface area (Å²) in [4.78, 5) is 19.4. The van der Waals surface area contributed by atoms with Gasteiger partial charge in [-0.3, -0.25) is 5.32 Å². The van der Waals surface area contributed by atoms with Gasteiger partial charge in [0, 0.05) is 11.4 Å². The number of carbonyl (C=O) groups is 1. The monoisotopic (exact) mass is 410 g/mol. The van der Waals surface area contributed by atoms with E-state index in [0.29, 0.717) is 17.0 Å². The predicted molar refractivity (Wildman–Crippen MR) is 97.6 cm³/mol. The predicted octanol–water partition coefficient (Wildman–Crippen LogP) is 1.32. The van der Waals surface area contributed by atoms with Crippen LogP contribution in [-0.4, -0.2) is 38.1 Å². The molecule has 27 heavy (non-hydrogen) atoms. The molecule has 0 bridgehead atoms. The van der Waals surface area contributed by atoms with Crippen molar-refractivity contribution in [3.63, 3.8) is 0 Å². The average Bonchev–Trinajstić information content (AvgIpc) is 2.75. The van der Waals surface area contributed by atoms with E-state index in [1.54, 1.807) is 26.0 Å². The first-order chi connectivity index (χ1) is 12.5. The van der Waals surface area contributed by atoms with E-state index < -0.39 is 36.0 Å². The van der Waals surface area contributed by atoms with Crippen LogP contribution in [0.2, 0.25) is 0 Å². The molecule has 1 aromatic carbocycles. The Labute approximate surface area is 157 Å². The van der Waals surface area contributed by atoms with Crippen LogP contribution in [0, 0.1) is 13.8 Å². The standard InChI is InChI=1S/C16H18N4O5S2/c1-9-7-10(2)18-15(17-9)19-16(21)20-27(24,25)13-6-4-5-12-8-11(3)26(22,23)14(12)13/h4-7,11H,8H2,1-3H3,(H2,17,18,19,20,21). The van der Waals surface area contributed by atoms with Crippen LogP contribution in [-0.2, 0) is 26.3 Å². The first kappa shape index (κ1) is 19.2. The number of fused-ring (bicyclic) bond motifs is 1. The number of aromatic nitrogens is 2. The number of sulfone groups is 1. The van der Waals surface area contributed by atoms with Crippen LogP contribution in [0.3, 0.4) is 0 Å². The van der Waals surface area contributed by atoms with E-state index in [0.717, 1.165) is 6.07 Å². The van der Waals surface area contributed by atoms with E-state index in [1.807, 2.05) is 4.72 Å². The number of benzene rings is 1. The fraction of sp³-hybridized carbons (Fsp3) is 0.312. The smallest absolute Gasteiger partial charge is 0.275 e. The van der Waals surface area contributed by atoms with Crippen molar-refractivity contribution in [2.75, 3.05) is 5.32 Å². The lowest BCUT2D eigenvalue weighted by molar-refractivity contribution is 0.256. The fourth-order valence-electron chi connectivity index (χ4n) is 2.96. The van der Waals surface area contributed by atoms with Crippen LogP contribution >= 0.6 is 0 Å². The van der Waals surface area contributed by atoms with Gasteiger partial charge in [-0.05, 0) is 44.9 Å². The van der Waals surface area contributed by atoms with E-state index in [-0.39, 0.29) is 17.3 Å². The lowest BCUT2D eigenvalue weighted by Crippen LogP contribution is -2.35. The van der Waals surface area contributed by atoms with Gasteiger partial charge in [0.15, 0.2) is 9.84 Å². The van der Waals surface area contributed by atoms with Crippen LogP contribution in [0.25, 0.3) is 0 Å². The van der Waals surface area contributed by atoms with Gasteiger partial charge in [-0.2, -0.15) is 0 Å². The van der Waals surface area contributed by atoms with Crippen molar-refractivity contribution in [1.82, 2.24) is 14.7 Å². The molecule has 0 fully saturated rings. The van der Waals surface area contributed by atoms with E-state index in [2.05, 4.69) is 15.3 Å². The molecule has 0 aliphatic carbocycles. The van der Waals surface area contributed by atoms with E-state index in [9.17, 15) is 21.6 Å². The first-order valence-electron chi connectivity index (χ1n) is 8.02. The summed E-state index contributed by atoms with van der Waals surface area (Å²) in [5, 5.41) is 1.52. The molecular formula is C16H18N4O5S2. The molecule has 0 radical (unpaired) electrons. The zero-order chi connectivity index (χ0) is 20.0. The number of urea groups is 1. The number of sulfonamides is 1. The van der Waals surface area contributed by atoms with Crippen molar-refractivity contribution in [2.24, 2.45) is 0 Å². The molecule has 3 rings (SSSR count). The highest BCUT2D eigenvalue weighted by molar-refractivity contribution is 7.94. The molecule has 0 saturated heterocycles. The topological polar surface area (TPSA) is 135 Å². The lowest BCUT2D eigenvalue weighted by Gasteiger charge is -2.11. The van der Waals surface area contributed by atoms with Gasteiger partial charge in [-0.1, -0.05) is 12.1 Å². The van der Waals surface area contributed by atoms with E-state index in [4.69, 9.17) is 0 Å². The molecule has 2 heterocycles. The minimum absolute atomic E-state index is 0.0558. The van der Waals surface area contributed by atoms with Crippen molar-refractivity contribution in [1.29, 1.82) is 0 Å². The normalized spacial score (nSPS) is 18.0. The number of aryl methyl sites for hydroxylation is 2. The molecule has 0 saturated carbocycles. The Morgan fingerprint density at radius 1 is 1.19 bits per heavy atom. The largest absolute Gasteiger partial charge is 0.335 e. The molecule has 11 heteroatoms. The fourth-order valence-corrected chi connectivity index (χ4v) is 6.35. The maximum atomic E-state index is 12.6. The second kappa shape index (κ2) is 6.57. The van der Waals surface area contributed by atoms with Crippen molar-refractivity contribution in [2.45, 2.75) is 42.2 Å². The molecule has 1 unspecified atom stereocenters. The quantitative estimate of drug-likeness (QED) is 0.779. The molecule has 2 aromatic rings. The van der Waals surface area contributed by atoms with Gasteiger partial charge in [0.2, 0.25) is 5.95 Å². The number of anilines is 1. The molecule has 9 nitrogen and oxygen atoms in total. The van der Waals surface area contributed by atoms with E-state index >= 15 is 0 Å². The third-order valence-electron chi connectivity index (χ3n) is 4.11. The molecule has 144 valence electrons. The van der Waals surface area contributed by atoms with Gasteiger partial charge in [0.05, 0.1) is 10.1 Å². The van der Waals surface area contributed by atoms with Crippen molar-refractivity contribution in [3.8, 4) is 0 Å². The zero-order valence-corrected chi connectivity index (χ0v) is 16.5. The molecule has 1 aliphatic rings. The summed E-state index contributed by atoms with van der Waals surface area (Å²) in [6, 6.07) is 4.79. The highest BCUT2D eigenvalue weighted by atomic mass is 32.2. The van der Waals surface area contributed by atoms with Crippen LogP contribution in [0.4, 0.5) is 10.7 Å². The molecule has 2 amide bonds. The van der Waals surface area contributed by atoms with Crippen molar-refractivity contribution < 1.29 is 21.6 Å². The SMILES string of the molecule is Cc1cc(C)nc(NC(=O)NS(=O)(=O)c2cccc3c2S(=O)(=O)C(C)C3)n1. The third kappa shape index (κ3) is 3.65. The average molecular weight is 410 g/mol. The molecular weight excluding hydrogens is 392 g/mol. The lowest BCUT2D eigenvalue weighted by atomic mass is 10.1. The summed E-state index contributed by atoms with van der Waals surface area (Å²) in [6.45, 7) is 4.92. The summed E-state index contributed by atoms with van der Waals surface area (Å²) in [5.74, 6) is -0.0558. The summed E-state index contributed by atoms with van der Waals surface area (Å²) >= 11 is 0. The Morgan fingerprint density at radius 2 is 1.81 bits per heavy atom. The molecule has 1 aromatic heterocycles. The van der Waals surface area contributed by atoms with Gasteiger partial charge >= 0.3 is 6.03 Å². The van der Waals surface area contributed by atoms with Gasteiger partial charge in [0.1, 0.15) is 4.90 Å². The molecule has 2 N–H and O–H groups in total. The van der Waals surface area contributed by atoms with Crippen LogP contribution < -0.4 is 10.0 Å². The molecule has 1 aliphatic heterocycles. The molecule has 1 atom stereocenters. The number of amides is 2.